The number of benzene rings is 2. The number of nitrogens with one attached hydrogen (secondary N) is 2. The molecule has 0 spiro atoms. The first-order chi connectivity index (χ1) is 13.4. The predicted molar refractivity (Wildman–Crippen MR) is 114 cm³/mol. The molecule has 1 heterocycles. The smallest absolute Gasteiger partial charge is 0.257 e. The number of amides is 1. The molecule has 0 unspecified atom stereocenters. The topological polar surface area (TPSA) is 79.3 Å². The van der Waals surface area contributed by atoms with E-state index in [0.717, 1.165) is 17.0 Å². The van der Waals surface area contributed by atoms with Gasteiger partial charge >= 0.3 is 0 Å². The highest BCUT2D eigenvalue weighted by atomic mass is 35.5. The van der Waals surface area contributed by atoms with Crippen LogP contribution in [0.25, 0.3) is 0 Å². The van der Waals surface area contributed by atoms with Crippen molar-refractivity contribution in [3.05, 3.63) is 81.1 Å². The van der Waals surface area contributed by atoms with Crippen LogP contribution in [-0.2, 0) is 0 Å². The maximum Gasteiger partial charge on any atom is 0.257 e. The van der Waals surface area contributed by atoms with Crippen LogP contribution in [0.3, 0.4) is 0 Å². The molecule has 0 saturated carbocycles. The summed E-state index contributed by atoms with van der Waals surface area (Å²) in [4.78, 5) is 20.9. The van der Waals surface area contributed by atoms with Crippen LogP contribution >= 0.6 is 23.2 Å². The molecule has 28 heavy (non-hydrogen) atoms. The van der Waals surface area contributed by atoms with E-state index in [0.29, 0.717) is 27.2 Å². The molecule has 0 radical (unpaired) electrons. The summed E-state index contributed by atoms with van der Waals surface area (Å²) >= 11 is 12.0. The average Bonchev–Trinajstić information content (AvgIpc) is 2.61. The van der Waals surface area contributed by atoms with Crippen LogP contribution in [0.5, 0.6) is 0 Å². The van der Waals surface area contributed by atoms with Crippen molar-refractivity contribution in [2.75, 3.05) is 10.7 Å². The summed E-state index contributed by atoms with van der Waals surface area (Å²) in [5.41, 5.74) is 6.27. The number of anilines is 2. The molecule has 1 aromatic heterocycles. The summed E-state index contributed by atoms with van der Waals surface area (Å²) < 4.78 is 0. The summed E-state index contributed by atoms with van der Waals surface area (Å²) in [6.07, 6.45) is 1.62. The first kappa shape index (κ1) is 19.8. The van der Waals surface area contributed by atoms with Crippen molar-refractivity contribution >= 4 is 47.0 Å². The highest BCUT2D eigenvalue weighted by Crippen LogP contribution is 2.22. The molecule has 0 aliphatic heterocycles. The van der Waals surface area contributed by atoms with Crippen LogP contribution in [0, 0.1) is 13.8 Å². The van der Waals surface area contributed by atoms with Gasteiger partial charge in [-0.05, 0) is 55.8 Å². The minimum absolute atomic E-state index is 0.292. The molecule has 8 heteroatoms. The van der Waals surface area contributed by atoms with Crippen molar-refractivity contribution < 1.29 is 4.79 Å². The molecule has 0 aliphatic carbocycles. The van der Waals surface area contributed by atoms with E-state index in [-0.39, 0.29) is 5.91 Å². The third-order valence-corrected chi connectivity index (χ3v) is 4.23. The van der Waals surface area contributed by atoms with E-state index in [1.165, 1.54) is 6.07 Å². The van der Waals surface area contributed by atoms with E-state index in [9.17, 15) is 4.79 Å². The molecule has 3 aromatic rings. The van der Waals surface area contributed by atoms with Crippen molar-refractivity contribution in [1.82, 2.24) is 9.97 Å². The highest BCUT2D eigenvalue weighted by Gasteiger charge is 2.11. The van der Waals surface area contributed by atoms with Gasteiger partial charge in [0, 0.05) is 22.1 Å². The van der Waals surface area contributed by atoms with E-state index in [4.69, 9.17) is 23.2 Å². The fraction of sp³-hybridized carbons (Fsp3) is 0.100. The Balaban J connectivity index is 1.68. The first-order valence-corrected chi connectivity index (χ1v) is 9.14. The number of carbonyl (C=O) groups excluding carboxylic acids is 1. The summed E-state index contributed by atoms with van der Waals surface area (Å²) in [6, 6.07) is 13.8. The number of halogens is 2. The SMILES string of the molecule is Cc1cc(C)nc(N/N=C\c2cccc(NC(=O)c3ccc(Cl)cc3Cl)c2)n1. The van der Waals surface area contributed by atoms with E-state index in [2.05, 4.69) is 25.8 Å². The Labute approximate surface area is 172 Å². The third-order valence-electron chi connectivity index (χ3n) is 3.68. The van der Waals surface area contributed by atoms with Crippen molar-refractivity contribution in [1.29, 1.82) is 0 Å². The second kappa shape index (κ2) is 8.82. The lowest BCUT2D eigenvalue weighted by molar-refractivity contribution is 0.102. The quantitative estimate of drug-likeness (QED) is 0.450. The number of nitrogens with zero attached hydrogens (tertiary/aromatic N) is 3. The normalized spacial score (nSPS) is 10.9. The second-order valence-electron chi connectivity index (χ2n) is 6.05. The van der Waals surface area contributed by atoms with Crippen LogP contribution in [0.2, 0.25) is 10.0 Å². The van der Waals surface area contributed by atoms with E-state index < -0.39 is 0 Å². The zero-order valence-electron chi connectivity index (χ0n) is 15.2. The molecule has 142 valence electrons. The summed E-state index contributed by atoms with van der Waals surface area (Å²) in [5.74, 6) is 0.105. The van der Waals surface area contributed by atoms with Gasteiger partial charge in [0.1, 0.15) is 0 Å². The van der Waals surface area contributed by atoms with Crippen molar-refractivity contribution in [3.8, 4) is 0 Å². The predicted octanol–water partition coefficient (Wildman–Crippen LogP) is 5.10. The largest absolute Gasteiger partial charge is 0.322 e. The number of hydrogen-bond acceptors (Lipinski definition) is 5. The second-order valence-corrected chi connectivity index (χ2v) is 6.89. The van der Waals surface area contributed by atoms with Crippen molar-refractivity contribution in [3.63, 3.8) is 0 Å². The number of hydrogen-bond donors (Lipinski definition) is 2. The first-order valence-electron chi connectivity index (χ1n) is 8.38. The Morgan fingerprint density at radius 2 is 1.79 bits per heavy atom. The maximum atomic E-state index is 12.4. The molecular formula is C20H17Cl2N5O. The van der Waals surface area contributed by atoms with E-state index in [1.54, 1.807) is 30.5 Å². The average molecular weight is 414 g/mol. The molecule has 0 aliphatic rings. The lowest BCUT2D eigenvalue weighted by Gasteiger charge is -2.08. The third kappa shape index (κ3) is 5.28. The Morgan fingerprint density at radius 1 is 1.04 bits per heavy atom. The molecule has 0 atom stereocenters. The Hall–Kier alpha value is -2.96. The molecule has 3 rings (SSSR count). The van der Waals surface area contributed by atoms with Gasteiger partial charge in [-0.2, -0.15) is 5.10 Å². The Bertz CT molecular complexity index is 1030. The van der Waals surface area contributed by atoms with Crippen LogP contribution in [0.15, 0.2) is 53.6 Å². The molecule has 1 amide bonds. The van der Waals surface area contributed by atoms with Gasteiger partial charge in [0.05, 0.1) is 16.8 Å². The lowest BCUT2D eigenvalue weighted by atomic mass is 10.2. The molecule has 2 aromatic carbocycles. The van der Waals surface area contributed by atoms with Crippen molar-refractivity contribution in [2.24, 2.45) is 5.10 Å². The molecule has 6 nitrogen and oxygen atoms in total. The fourth-order valence-electron chi connectivity index (χ4n) is 2.51. The number of carbonyl (C=O) groups is 1. The zero-order chi connectivity index (χ0) is 20.1. The highest BCUT2D eigenvalue weighted by molar-refractivity contribution is 6.37. The van der Waals surface area contributed by atoms with Gasteiger partial charge in [-0.1, -0.05) is 35.3 Å². The molecule has 0 fully saturated rings. The van der Waals surface area contributed by atoms with Crippen molar-refractivity contribution in [2.45, 2.75) is 13.8 Å². The van der Waals surface area contributed by atoms with E-state index in [1.807, 2.05) is 32.0 Å². The molecule has 2 N–H and O–H groups in total. The number of hydrazone groups is 1. The number of aryl methyl sites for hydroxylation is 2. The molecular weight excluding hydrogens is 397 g/mol. The monoisotopic (exact) mass is 413 g/mol. The minimum Gasteiger partial charge on any atom is -0.322 e. The fourth-order valence-corrected chi connectivity index (χ4v) is 3.00. The Morgan fingerprint density at radius 3 is 2.50 bits per heavy atom. The minimum atomic E-state index is -0.322. The summed E-state index contributed by atoms with van der Waals surface area (Å²) in [5, 5.41) is 7.72. The van der Waals surface area contributed by atoms with E-state index >= 15 is 0 Å². The van der Waals surface area contributed by atoms with Gasteiger partial charge in [-0.15, -0.1) is 0 Å². The lowest BCUT2D eigenvalue weighted by Crippen LogP contribution is -2.12. The van der Waals surface area contributed by atoms with Gasteiger partial charge in [0.15, 0.2) is 0 Å². The van der Waals surface area contributed by atoms with Gasteiger partial charge in [0.2, 0.25) is 5.95 Å². The molecule has 0 bridgehead atoms. The van der Waals surface area contributed by atoms with Gasteiger partial charge in [-0.25, -0.2) is 15.4 Å². The number of aromatic nitrogens is 2. The standard InChI is InChI=1S/C20H17Cl2N5O/c1-12-8-13(2)25-20(24-12)27-23-11-14-4-3-5-16(9-14)26-19(28)17-7-6-15(21)10-18(17)22/h3-11H,1-2H3,(H,26,28)(H,24,25,27)/b23-11-. The Kier molecular flexibility index (Phi) is 6.23. The van der Waals surface area contributed by atoms with Crippen LogP contribution in [-0.4, -0.2) is 22.1 Å². The molecule has 0 saturated heterocycles. The van der Waals surface area contributed by atoms with Gasteiger partial charge < -0.3 is 5.32 Å². The summed E-state index contributed by atoms with van der Waals surface area (Å²) in [6.45, 7) is 3.78. The zero-order valence-corrected chi connectivity index (χ0v) is 16.7. The van der Waals surface area contributed by atoms with Crippen LogP contribution in [0.1, 0.15) is 27.3 Å². The number of rotatable bonds is 5. The van der Waals surface area contributed by atoms with Crippen LogP contribution in [0.4, 0.5) is 11.6 Å². The van der Waals surface area contributed by atoms with Gasteiger partial charge in [-0.3, -0.25) is 4.79 Å². The summed E-state index contributed by atoms with van der Waals surface area (Å²) in [7, 11) is 0. The van der Waals surface area contributed by atoms with Gasteiger partial charge in [0.25, 0.3) is 5.91 Å². The maximum absolute atomic E-state index is 12.4. The van der Waals surface area contributed by atoms with Crippen LogP contribution < -0.4 is 10.7 Å².